The Labute approximate surface area is 153 Å². The number of thiazole rings is 1. The molecule has 2 aliphatic rings. The van der Waals surface area contributed by atoms with E-state index in [1.54, 1.807) is 14.2 Å². The number of benzene rings is 1. The SMILES string of the molecule is COc1ccc(OC)c(CN2CCN(c3nc4c(s3)CCC4)CC2)c1. The Hall–Kier alpha value is -1.79. The highest BCUT2D eigenvalue weighted by molar-refractivity contribution is 7.15. The normalized spacial score (nSPS) is 17.6. The molecule has 1 fully saturated rings. The standard InChI is InChI=1S/C19H25N3O2S/c1-23-15-6-7-17(24-2)14(12-15)13-21-8-10-22(11-9-21)19-20-16-4-3-5-18(16)25-19/h6-7,12H,3-5,8-11,13H2,1-2H3. The summed E-state index contributed by atoms with van der Waals surface area (Å²) < 4.78 is 10.9. The second kappa shape index (κ2) is 7.22. The number of ether oxygens (including phenoxy) is 2. The number of nitrogens with zero attached hydrogens (tertiary/aromatic N) is 3. The summed E-state index contributed by atoms with van der Waals surface area (Å²) >= 11 is 1.90. The van der Waals surface area contributed by atoms with Gasteiger partial charge in [0.05, 0.1) is 19.9 Å². The average Bonchev–Trinajstić information content (AvgIpc) is 3.24. The highest BCUT2D eigenvalue weighted by Gasteiger charge is 2.23. The van der Waals surface area contributed by atoms with Crippen molar-refractivity contribution >= 4 is 16.5 Å². The number of fused-ring (bicyclic) bond motifs is 1. The van der Waals surface area contributed by atoms with Crippen LogP contribution in [0.4, 0.5) is 5.13 Å². The van der Waals surface area contributed by atoms with Crippen LogP contribution in [0.1, 0.15) is 22.6 Å². The molecule has 5 nitrogen and oxygen atoms in total. The maximum atomic E-state index is 5.51. The van der Waals surface area contributed by atoms with E-state index in [0.717, 1.165) is 44.2 Å². The molecular formula is C19H25N3O2S. The van der Waals surface area contributed by atoms with Crippen LogP contribution in [0.15, 0.2) is 18.2 Å². The quantitative estimate of drug-likeness (QED) is 0.820. The van der Waals surface area contributed by atoms with E-state index in [0.29, 0.717) is 0 Å². The highest BCUT2D eigenvalue weighted by atomic mass is 32.1. The van der Waals surface area contributed by atoms with Gasteiger partial charge in [0.25, 0.3) is 0 Å². The molecule has 6 heteroatoms. The molecule has 134 valence electrons. The minimum Gasteiger partial charge on any atom is -0.497 e. The second-order valence-electron chi connectivity index (χ2n) is 6.66. The molecule has 0 N–H and O–H groups in total. The molecule has 0 bridgehead atoms. The molecule has 0 atom stereocenters. The Morgan fingerprint density at radius 1 is 1.08 bits per heavy atom. The third kappa shape index (κ3) is 3.46. The van der Waals surface area contributed by atoms with Gasteiger partial charge in [-0.3, -0.25) is 4.90 Å². The molecule has 2 heterocycles. The zero-order valence-corrected chi connectivity index (χ0v) is 15.8. The van der Waals surface area contributed by atoms with Crippen LogP contribution in [0.3, 0.4) is 0 Å². The number of aryl methyl sites for hydroxylation is 2. The van der Waals surface area contributed by atoms with E-state index in [-0.39, 0.29) is 0 Å². The van der Waals surface area contributed by atoms with Gasteiger partial charge in [0, 0.05) is 43.2 Å². The molecule has 1 aromatic heterocycles. The van der Waals surface area contributed by atoms with Crippen LogP contribution in [0.5, 0.6) is 11.5 Å². The summed E-state index contributed by atoms with van der Waals surface area (Å²) in [6.07, 6.45) is 3.68. The van der Waals surface area contributed by atoms with Gasteiger partial charge in [-0.25, -0.2) is 4.98 Å². The molecule has 2 aromatic rings. The smallest absolute Gasteiger partial charge is 0.185 e. The Morgan fingerprint density at radius 2 is 1.92 bits per heavy atom. The average molecular weight is 359 g/mol. The zero-order valence-electron chi connectivity index (χ0n) is 15.0. The first-order valence-electron chi connectivity index (χ1n) is 8.93. The van der Waals surface area contributed by atoms with Crippen molar-refractivity contribution in [3.63, 3.8) is 0 Å². The molecule has 1 aliphatic carbocycles. The maximum Gasteiger partial charge on any atom is 0.185 e. The van der Waals surface area contributed by atoms with Crippen LogP contribution >= 0.6 is 11.3 Å². The van der Waals surface area contributed by atoms with Crippen LogP contribution in [0.25, 0.3) is 0 Å². The third-order valence-electron chi connectivity index (χ3n) is 5.11. The maximum absolute atomic E-state index is 5.51. The van der Waals surface area contributed by atoms with Gasteiger partial charge in [0.2, 0.25) is 0 Å². The molecule has 1 aromatic carbocycles. The predicted octanol–water partition coefficient (Wildman–Crippen LogP) is 2.97. The van der Waals surface area contributed by atoms with Gasteiger partial charge >= 0.3 is 0 Å². The van der Waals surface area contributed by atoms with Crippen LogP contribution in [-0.4, -0.2) is 50.3 Å². The fourth-order valence-corrected chi connectivity index (χ4v) is 4.86. The summed E-state index contributed by atoms with van der Waals surface area (Å²) in [7, 11) is 3.43. The van der Waals surface area contributed by atoms with Crippen molar-refractivity contribution in [1.82, 2.24) is 9.88 Å². The first kappa shape index (κ1) is 16.7. The third-order valence-corrected chi connectivity index (χ3v) is 6.33. The van der Waals surface area contributed by atoms with E-state index in [1.807, 2.05) is 23.5 Å². The number of anilines is 1. The van der Waals surface area contributed by atoms with E-state index < -0.39 is 0 Å². The fraction of sp³-hybridized carbons (Fsp3) is 0.526. The highest BCUT2D eigenvalue weighted by Crippen LogP contribution is 2.33. The van der Waals surface area contributed by atoms with E-state index in [2.05, 4.69) is 15.9 Å². The van der Waals surface area contributed by atoms with Crippen molar-refractivity contribution in [3.05, 3.63) is 34.3 Å². The zero-order chi connectivity index (χ0) is 17.2. The van der Waals surface area contributed by atoms with Crippen LogP contribution < -0.4 is 14.4 Å². The Bertz CT molecular complexity index is 717. The molecule has 1 aliphatic heterocycles. The minimum absolute atomic E-state index is 0.881. The molecule has 0 unspecified atom stereocenters. The van der Waals surface area contributed by atoms with Gasteiger partial charge in [-0.05, 0) is 37.5 Å². The van der Waals surface area contributed by atoms with Crippen LogP contribution in [-0.2, 0) is 19.4 Å². The van der Waals surface area contributed by atoms with Crippen molar-refractivity contribution < 1.29 is 9.47 Å². The van der Waals surface area contributed by atoms with Crippen molar-refractivity contribution in [2.24, 2.45) is 0 Å². The Kier molecular flexibility index (Phi) is 4.81. The lowest BCUT2D eigenvalue weighted by molar-refractivity contribution is 0.245. The topological polar surface area (TPSA) is 37.8 Å². The van der Waals surface area contributed by atoms with E-state index in [4.69, 9.17) is 14.5 Å². The van der Waals surface area contributed by atoms with Crippen LogP contribution in [0.2, 0.25) is 0 Å². The van der Waals surface area contributed by atoms with Gasteiger partial charge in [0.1, 0.15) is 11.5 Å². The van der Waals surface area contributed by atoms with E-state index in [1.165, 1.54) is 40.5 Å². The molecule has 25 heavy (non-hydrogen) atoms. The van der Waals surface area contributed by atoms with Gasteiger partial charge in [-0.1, -0.05) is 0 Å². The summed E-state index contributed by atoms with van der Waals surface area (Å²) in [6, 6.07) is 6.01. The number of methoxy groups -OCH3 is 2. The number of rotatable bonds is 5. The molecule has 1 saturated heterocycles. The van der Waals surface area contributed by atoms with E-state index >= 15 is 0 Å². The number of hydrogen-bond acceptors (Lipinski definition) is 6. The minimum atomic E-state index is 0.881. The second-order valence-corrected chi connectivity index (χ2v) is 7.72. The van der Waals surface area contributed by atoms with Gasteiger partial charge in [-0.2, -0.15) is 0 Å². The lowest BCUT2D eigenvalue weighted by atomic mass is 10.1. The first-order chi connectivity index (χ1) is 12.3. The summed E-state index contributed by atoms with van der Waals surface area (Å²) in [5.74, 6) is 1.81. The van der Waals surface area contributed by atoms with Crippen molar-refractivity contribution in [2.45, 2.75) is 25.8 Å². The molecule has 0 radical (unpaired) electrons. The predicted molar refractivity (Wildman–Crippen MR) is 101 cm³/mol. The molecule has 0 amide bonds. The first-order valence-corrected chi connectivity index (χ1v) is 9.75. The summed E-state index contributed by atoms with van der Waals surface area (Å²) in [5.41, 5.74) is 2.53. The Morgan fingerprint density at radius 3 is 2.64 bits per heavy atom. The molecule has 0 saturated carbocycles. The Balaban J connectivity index is 1.39. The lowest BCUT2D eigenvalue weighted by Crippen LogP contribution is -2.46. The number of piperazine rings is 1. The molecular weight excluding hydrogens is 334 g/mol. The number of aromatic nitrogens is 1. The number of hydrogen-bond donors (Lipinski definition) is 0. The van der Waals surface area contributed by atoms with Gasteiger partial charge in [0.15, 0.2) is 5.13 Å². The lowest BCUT2D eigenvalue weighted by Gasteiger charge is -2.34. The van der Waals surface area contributed by atoms with Crippen molar-refractivity contribution in [3.8, 4) is 11.5 Å². The van der Waals surface area contributed by atoms with Gasteiger partial charge < -0.3 is 14.4 Å². The van der Waals surface area contributed by atoms with Crippen molar-refractivity contribution in [1.29, 1.82) is 0 Å². The summed E-state index contributed by atoms with van der Waals surface area (Å²) in [6.45, 7) is 5.06. The molecule has 4 rings (SSSR count). The summed E-state index contributed by atoms with van der Waals surface area (Å²) in [5, 5.41) is 1.23. The van der Waals surface area contributed by atoms with Crippen molar-refractivity contribution in [2.75, 3.05) is 45.3 Å². The molecule has 0 spiro atoms. The van der Waals surface area contributed by atoms with E-state index in [9.17, 15) is 0 Å². The monoisotopic (exact) mass is 359 g/mol. The largest absolute Gasteiger partial charge is 0.497 e. The summed E-state index contributed by atoms with van der Waals surface area (Å²) in [4.78, 5) is 11.3. The van der Waals surface area contributed by atoms with Gasteiger partial charge in [-0.15, -0.1) is 11.3 Å². The fourth-order valence-electron chi connectivity index (χ4n) is 3.66. The van der Waals surface area contributed by atoms with Crippen LogP contribution in [0, 0.1) is 0 Å².